The molecule has 0 fully saturated rings. The third kappa shape index (κ3) is 13.3. The molecular weight excluding hydrogens is 440 g/mol. The first-order chi connectivity index (χ1) is 16.0. The number of rotatable bonds is 14. The Kier molecular flexibility index (Phi) is 15.6. The van der Waals surface area contributed by atoms with E-state index in [1.54, 1.807) is 30.4 Å². The van der Waals surface area contributed by atoms with E-state index in [0.717, 1.165) is 4.90 Å². The quantitative estimate of drug-likeness (QED) is 0.258. The summed E-state index contributed by atoms with van der Waals surface area (Å²) in [5.74, 6) is 0.271. The van der Waals surface area contributed by atoms with Crippen molar-refractivity contribution in [3.8, 4) is 0 Å². The zero-order valence-corrected chi connectivity index (χ0v) is 21.4. The second-order valence-corrected chi connectivity index (χ2v) is 7.79. The molecule has 34 heavy (non-hydrogen) atoms. The third-order valence-corrected chi connectivity index (χ3v) is 4.46. The number of hydrogen-bond donors (Lipinski definition) is 3. The topological polar surface area (TPSA) is 120 Å². The lowest BCUT2D eigenvalue weighted by Crippen LogP contribution is -2.37. The van der Waals surface area contributed by atoms with Crippen LogP contribution in [-0.2, 0) is 14.3 Å². The van der Waals surface area contributed by atoms with Gasteiger partial charge in [-0.15, -0.1) is 0 Å². The van der Waals surface area contributed by atoms with Crippen LogP contribution in [-0.4, -0.2) is 86.5 Å². The van der Waals surface area contributed by atoms with Gasteiger partial charge in [-0.3, -0.25) is 4.79 Å². The van der Waals surface area contributed by atoms with E-state index in [4.69, 9.17) is 14.6 Å². The van der Waals surface area contributed by atoms with Crippen LogP contribution < -0.4 is 10.6 Å². The van der Waals surface area contributed by atoms with Gasteiger partial charge in [0.25, 0.3) is 0 Å². The molecule has 0 aromatic heterocycles. The lowest BCUT2D eigenvalue weighted by Gasteiger charge is -2.20. The minimum absolute atomic E-state index is 0.0522. The maximum Gasteiger partial charge on any atom is 0.409 e. The van der Waals surface area contributed by atoms with Crippen molar-refractivity contribution in [2.75, 3.05) is 47.4 Å². The highest BCUT2D eigenvalue weighted by atomic mass is 16.6. The lowest BCUT2D eigenvalue weighted by molar-refractivity contribution is -0.120. The summed E-state index contributed by atoms with van der Waals surface area (Å²) in [6.45, 7) is 8.50. The summed E-state index contributed by atoms with van der Waals surface area (Å²) in [6.07, 6.45) is 7.38. The molecule has 3 N–H and O–H groups in total. The van der Waals surface area contributed by atoms with Crippen molar-refractivity contribution < 1.29 is 29.0 Å². The molecule has 0 aromatic carbocycles. The minimum Gasteiger partial charge on any atom is -0.495 e. The number of nitrogens with one attached hydrogen (secondary N) is 2. The van der Waals surface area contributed by atoms with Crippen molar-refractivity contribution in [3.63, 3.8) is 0 Å². The number of carbonyl (C=O) groups is 3. The van der Waals surface area contributed by atoms with Crippen LogP contribution in [0.4, 0.5) is 9.59 Å². The minimum atomic E-state index is -1.07. The van der Waals surface area contributed by atoms with Crippen LogP contribution in [0.15, 0.2) is 47.4 Å². The smallest absolute Gasteiger partial charge is 0.409 e. The van der Waals surface area contributed by atoms with E-state index < -0.39 is 12.2 Å². The Labute approximate surface area is 202 Å². The largest absolute Gasteiger partial charge is 0.495 e. The van der Waals surface area contributed by atoms with Crippen molar-refractivity contribution in [2.24, 2.45) is 0 Å². The highest BCUT2D eigenvalue weighted by molar-refractivity contribution is 5.79. The molecule has 0 rings (SSSR count). The Hall–Kier alpha value is -3.27. The van der Waals surface area contributed by atoms with Gasteiger partial charge in [0.15, 0.2) is 0 Å². The first-order valence-corrected chi connectivity index (χ1v) is 11.1. The van der Waals surface area contributed by atoms with Gasteiger partial charge < -0.3 is 35.0 Å². The number of allylic oxidation sites excluding steroid dienone is 4. The van der Waals surface area contributed by atoms with Crippen molar-refractivity contribution in [3.05, 3.63) is 47.4 Å². The van der Waals surface area contributed by atoms with E-state index in [-0.39, 0.29) is 38.1 Å². The number of hydrogen-bond acceptors (Lipinski definition) is 6. The molecule has 0 aliphatic rings. The fourth-order valence-electron chi connectivity index (χ4n) is 2.55. The predicted molar refractivity (Wildman–Crippen MR) is 132 cm³/mol. The average molecular weight is 481 g/mol. The highest BCUT2D eigenvalue weighted by Gasteiger charge is 2.14. The molecule has 0 spiro atoms. The van der Waals surface area contributed by atoms with Crippen molar-refractivity contribution in [1.82, 2.24) is 20.4 Å². The monoisotopic (exact) mass is 480 g/mol. The van der Waals surface area contributed by atoms with Gasteiger partial charge in [0.2, 0.25) is 5.91 Å². The molecule has 3 amide bonds. The van der Waals surface area contributed by atoms with Gasteiger partial charge in [0.1, 0.15) is 12.4 Å². The molecule has 0 aromatic rings. The molecule has 0 aliphatic heterocycles. The summed E-state index contributed by atoms with van der Waals surface area (Å²) >= 11 is 0. The first-order valence-electron chi connectivity index (χ1n) is 11.1. The molecule has 0 aliphatic carbocycles. The van der Waals surface area contributed by atoms with Crippen molar-refractivity contribution >= 4 is 18.1 Å². The average Bonchev–Trinajstić information content (AvgIpc) is 2.78. The van der Waals surface area contributed by atoms with E-state index in [1.165, 1.54) is 26.1 Å². The molecule has 0 saturated heterocycles. The number of nitrogens with zero attached hydrogens (tertiary/aromatic N) is 2. The number of likely N-dealkylation sites (N-methyl/N-ethyl adjacent to an activating group) is 2. The molecule has 10 nitrogen and oxygen atoms in total. The Morgan fingerprint density at radius 3 is 2.18 bits per heavy atom. The van der Waals surface area contributed by atoms with Gasteiger partial charge in [-0.2, -0.15) is 0 Å². The van der Waals surface area contributed by atoms with E-state index >= 15 is 0 Å². The molecule has 192 valence electrons. The predicted octanol–water partition coefficient (Wildman–Crippen LogP) is 3.11. The second kappa shape index (κ2) is 17.2. The number of ether oxygens (including phenoxy) is 2. The fourth-order valence-corrected chi connectivity index (χ4v) is 2.55. The van der Waals surface area contributed by atoms with Gasteiger partial charge >= 0.3 is 12.2 Å². The highest BCUT2D eigenvalue weighted by Crippen LogP contribution is 2.12. The van der Waals surface area contributed by atoms with E-state index in [9.17, 15) is 14.4 Å². The Bertz CT molecular complexity index is 786. The van der Waals surface area contributed by atoms with Gasteiger partial charge in [-0.05, 0) is 31.6 Å². The Balaban J connectivity index is 5.46. The van der Waals surface area contributed by atoms with Crippen LogP contribution in [0.2, 0.25) is 0 Å². The maximum atomic E-state index is 12.5. The molecule has 0 radical (unpaired) electrons. The summed E-state index contributed by atoms with van der Waals surface area (Å²) in [4.78, 5) is 38.1. The van der Waals surface area contributed by atoms with E-state index in [0.29, 0.717) is 23.6 Å². The molecule has 0 saturated carbocycles. The summed E-state index contributed by atoms with van der Waals surface area (Å²) in [7, 11) is 4.46. The Morgan fingerprint density at radius 1 is 1.03 bits per heavy atom. The van der Waals surface area contributed by atoms with E-state index in [1.807, 2.05) is 27.7 Å². The van der Waals surface area contributed by atoms with Gasteiger partial charge in [-0.25, -0.2) is 9.59 Å². The van der Waals surface area contributed by atoms with Crippen molar-refractivity contribution in [1.29, 1.82) is 0 Å². The number of carbonyl (C=O) groups excluding carboxylic acids is 2. The standard InChI is InChI=1S/C24H40N4O6/c1-8-10-19(17-34-24(32)28(6)15-14-27(5)23(30)31)16-20(21(33-7)11-9-2)26-22(29)12-13-25-18(3)4/h8-11,16,18,25H,12-15,17H2,1-7H3,(H,26,29)(H,30,31)/b10-8+,11-9-,19-16+,21-20-. The van der Waals surface area contributed by atoms with Crippen LogP contribution in [0, 0.1) is 0 Å². The summed E-state index contributed by atoms with van der Waals surface area (Å²) < 4.78 is 10.8. The van der Waals surface area contributed by atoms with Crippen LogP contribution in [0.3, 0.4) is 0 Å². The summed E-state index contributed by atoms with van der Waals surface area (Å²) in [6, 6.07) is 0.277. The summed E-state index contributed by atoms with van der Waals surface area (Å²) in [5.41, 5.74) is 1.07. The zero-order valence-electron chi connectivity index (χ0n) is 21.4. The van der Waals surface area contributed by atoms with Gasteiger partial charge in [0.05, 0.1) is 12.8 Å². The second-order valence-electron chi connectivity index (χ2n) is 7.79. The molecule has 0 atom stereocenters. The van der Waals surface area contributed by atoms with Crippen LogP contribution in [0.25, 0.3) is 0 Å². The van der Waals surface area contributed by atoms with Crippen LogP contribution in [0.1, 0.15) is 34.1 Å². The normalized spacial score (nSPS) is 12.6. The molecule has 0 unspecified atom stereocenters. The van der Waals surface area contributed by atoms with Gasteiger partial charge in [-0.1, -0.05) is 32.1 Å². The Morgan fingerprint density at radius 2 is 1.65 bits per heavy atom. The summed E-state index contributed by atoms with van der Waals surface area (Å²) in [5, 5.41) is 15.0. The maximum absolute atomic E-state index is 12.5. The van der Waals surface area contributed by atoms with Crippen LogP contribution in [0.5, 0.6) is 0 Å². The SMILES string of the molecule is C\C=C/C(OC)=C(\C=C(/C=C/C)COC(=O)N(C)CCN(C)C(=O)O)NC(=O)CCNC(C)C. The lowest BCUT2D eigenvalue weighted by atomic mass is 10.2. The first kappa shape index (κ1) is 30.7. The fraction of sp³-hybridized carbons (Fsp3) is 0.542. The number of carboxylic acid groups (broad SMARTS) is 1. The van der Waals surface area contributed by atoms with Gasteiger partial charge in [0, 0.05) is 46.2 Å². The molecule has 10 heteroatoms. The van der Waals surface area contributed by atoms with Crippen molar-refractivity contribution in [2.45, 2.75) is 40.2 Å². The molecule has 0 heterocycles. The number of methoxy groups -OCH3 is 1. The van der Waals surface area contributed by atoms with Crippen LogP contribution >= 0.6 is 0 Å². The molecular formula is C24H40N4O6. The zero-order chi connectivity index (χ0) is 26.1. The van der Waals surface area contributed by atoms with E-state index in [2.05, 4.69) is 10.6 Å². The molecule has 0 bridgehead atoms. The number of amides is 3. The third-order valence-electron chi connectivity index (χ3n) is 4.46.